The zero-order valence-corrected chi connectivity index (χ0v) is 20.5. The number of aromatic nitrogens is 1. The molecule has 1 aliphatic heterocycles. The molecule has 1 aromatic heterocycles. The summed E-state index contributed by atoms with van der Waals surface area (Å²) in [6.07, 6.45) is 5.79. The summed E-state index contributed by atoms with van der Waals surface area (Å²) in [5.41, 5.74) is 5.24. The Morgan fingerprint density at radius 1 is 0.971 bits per heavy atom. The number of benzene rings is 3. The maximum absolute atomic E-state index is 13.0. The van der Waals surface area contributed by atoms with E-state index in [4.69, 9.17) is 16.3 Å². The third-order valence-corrected chi connectivity index (χ3v) is 6.74. The lowest BCUT2D eigenvalue weighted by molar-refractivity contribution is 0.102. The number of nitrogens with zero attached hydrogens (tertiary/aromatic N) is 2. The highest BCUT2D eigenvalue weighted by molar-refractivity contribution is 6.30. The number of carbonyl (C=O) groups excluding carboxylic acids is 1. The van der Waals surface area contributed by atoms with Crippen molar-refractivity contribution in [1.82, 2.24) is 9.88 Å². The molecule has 1 fully saturated rings. The van der Waals surface area contributed by atoms with Crippen molar-refractivity contribution in [3.05, 3.63) is 89.1 Å². The van der Waals surface area contributed by atoms with Crippen LogP contribution in [0.4, 0.5) is 5.69 Å². The van der Waals surface area contributed by atoms with Crippen LogP contribution in [0.2, 0.25) is 5.02 Å². The molecule has 178 valence electrons. The van der Waals surface area contributed by atoms with Gasteiger partial charge in [0.15, 0.2) is 0 Å². The van der Waals surface area contributed by atoms with Gasteiger partial charge in [-0.05, 0) is 85.1 Å². The molecule has 5 rings (SSSR count). The first-order chi connectivity index (χ1) is 17.1. The number of carbonyl (C=O) groups is 1. The minimum Gasteiger partial charge on any atom is -0.495 e. The van der Waals surface area contributed by atoms with Crippen LogP contribution >= 0.6 is 11.6 Å². The van der Waals surface area contributed by atoms with E-state index in [1.807, 2.05) is 66.9 Å². The highest BCUT2D eigenvalue weighted by Gasteiger charge is 2.14. The predicted molar refractivity (Wildman–Crippen MR) is 142 cm³/mol. The van der Waals surface area contributed by atoms with Crippen molar-refractivity contribution in [2.24, 2.45) is 0 Å². The molecule has 6 heteroatoms. The minimum absolute atomic E-state index is 0.202. The van der Waals surface area contributed by atoms with Crippen LogP contribution < -0.4 is 10.1 Å². The SMILES string of the molecule is COc1cc2cc(CN3CCCCC3)cnc2cc1NC(=O)c1ccc(-c2ccc(Cl)cc2)cc1. The van der Waals surface area contributed by atoms with Gasteiger partial charge in [0.2, 0.25) is 0 Å². The fraction of sp³-hybridized carbons (Fsp3) is 0.241. The fourth-order valence-electron chi connectivity index (χ4n) is 4.58. The number of anilines is 1. The summed E-state index contributed by atoms with van der Waals surface area (Å²) in [4.78, 5) is 20.1. The molecule has 1 saturated heterocycles. The Balaban J connectivity index is 1.33. The average molecular weight is 486 g/mol. The van der Waals surface area contributed by atoms with Crippen LogP contribution in [0.25, 0.3) is 22.0 Å². The molecule has 0 aliphatic carbocycles. The Labute approximate surface area is 210 Å². The lowest BCUT2D eigenvalue weighted by Gasteiger charge is -2.26. The zero-order valence-electron chi connectivity index (χ0n) is 19.8. The van der Waals surface area contributed by atoms with E-state index in [1.54, 1.807) is 7.11 Å². The number of hydrogen-bond acceptors (Lipinski definition) is 4. The largest absolute Gasteiger partial charge is 0.495 e. The maximum atomic E-state index is 13.0. The number of pyridine rings is 1. The van der Waals surface area contributed by atoms with Gasteiger partial charge in [-0.25, -0.2) is 0 Å². The van der Waals surface area contributed by atoms with Crippen LogP contribution in [-0.4, -0.2) is 36.0 Å². The van der Waals surface area contributed by atoms with Crippen molar-refractivity contribution >= 4 is 34.1 Å². The van der Waals surface area contributed by atoms with Gasteiger partial charge in [-0.2, -0.15) is 0 Å². The van der Waals surface area contributed by atoms with E-state index in [2.05, 4.69) is 21.3 Å². The smallest absolute Gasteiger partial charge is 0.255 e. The summed E-state index contributed by atoms with van der Waals surface area (Å²) in [5.74, 6) is 0.410. The van der Waals surface area contributed by atoms with Crippen LogP contribution in [-0.2, 0) is 6.54 Å². The summed E-state index contributed by atoms with van der Waals surface area (Å²) in [5, 5.41) is 4.68. The third kappa shape index (κ3) is 5.47. The number of ether oxygens (including phenoxy) is 1. The van der Waals surface area contributed by atoms with Gasteiger partial charge in [0.1, 0.15) is 5.75 Å². The van der Waals surface area contributed by atoms with Crippen LogP contribution in [0.5, 0.6) is 5.75 Å². The van der Waals surface area contributed by atoms with Gasteiger partial charge in [-0.15, -0.1) is 0 Å². The first-order valence-corrected chi connectivity index (χ1v) is 12.3. The van der Waals surface area contributed by atoms with E-state index >= 15 is 0 Å². The molecule has 0 spiro atoms. The second-order valence-electron chi connectivity index (χ2n) is 8.96. The number of rotatable bonds is 6. The zero-order chi connectivity index (χ0) is 24.2. The number of nitrogens with one attached hydrogen (secondary N) is 1. The Morgan fingerprint density at radius 2 is 1.66 bits per heavy atom. The number of likely N-dealkylation sites (tertiary alicyclic amines) is 1. The summed E-state index contributed by atoms with van der Waals surface area (Å²) in [7, 11) is 1.61. The van der Waals surface area contributed by atoms with Crippen LogP contribution in [0.15, 0.2) is 72.9 Å². The minimum atomic E-state index is -0.202. The van der Waals surface area contributed by atoms with E-state index in [-0.39, 0.29) is 5.91 Å². The molecule has 0 bridgehead atoms. The standard InChI is InChI=1S/C29H28ClN3O2/c1-35-28-16-24-15-20(19-33-13-3-2-4-14-33)18-31-26(24)17-27(28)32-29(34)23-7-5-21(6-8-23)22-9-11-25(30)12-10-22/h5-12,15-18H,2-4,13-14,19H2,1H3,(H,32,34). The van der Waals surface area contributed by atoms with Gasteiger partial charge in [-0.3, -0.25) is 14.7 Å². The molecule has 0 radical (unpaired) electrons. The number of amides is 1. The second kappa shape index (κ2) is 10.5. The molecule has 3 aromatic carbocycles. The molecular weight excluding hydrogens is 458 g/mol. The summed E-state index contributed by atoms with van der Waals surface area (Å²) < 4.78 is 5.60. The number of piperidine rings is 1. The number of fused-ring (bicyclic) bond motifs is 1. The highest BCUT2D eigenvalue weighted by atomic mass is 35.5. The molecule has 0 unspecified atom stereocenters. The van der Waals surface area contributed by atoms with Crippen LogP contribution in [0.1, 0.15) is 35.2 Å². The van der Waals surface area contributed by atoms with Gasteiger partial charge in [-0.1, -0.05) is 42.3 Å². The molecule has 1 amide bonds. The summed E-state index contributed by atoms with van der Waals surface area (Å²) in [6, 6.07) is 21.1. The molecule has 5 nitrogen and oxygen atoms in total. The van der Waals surface area contributed by atoms with Crippen molar-refractivity contribution < 1.29 is 9.53 Å². The summed E-state index contributed by atoms with van der Waals surface area (Å²) >= 11 is 5.98. The first kappa shape index (κ1) is 23.3. The fourth-order valence-corrected chi connectivity index (χ4v) is 4.71. The Morgan fingerprint density at radius 3 is 2.34 bits per heavy atom. The number of methoxy groups -OCH3 is 1. The molecule has 1 aliphatic rings. The van der Waals surface area contributed by atoms with E-state index in [0.29, 0.717) is 22.0 Å². The molecule has 4 aromatic rings. The van der Waals surface area contributed by atoms with Crippen molar-refractivity contribution in [2.75, 3.05) is 25.5 Å². The van der Waals surface area contributed by atoms with E-state index in [9.17, 15) is 4.79 Å². The predicted octanol–water partition coefficient (Wildman–Crippen LogP) is 6.80. The Hall–Kier alpha value is -3.41. The monoisotopic (exact) mass is 485 g/mol. The van der Waals surface area contributed by atoms with Crippen molar-refractivity contribution in [2.45, 2.75) is 25.8 Å². The van der Waals surface area contributed by atoms with Gasteiger partial charge in [0.25, 0.3) is 5.91 Å². The first-order valence-electron chi connectivity index (χ1n) is 12.0. The maximum Gasteiger partial charge on any atom is 0.255 e. The Bertz CT molecular complexity index is 1330. The van der Waals surface area contributed by atoms with Crippen molar-refractivity contribution in [3.63, 3.8) is 0 Å². The summed E-state index contributed by atoms with van der Waals surface area (Å²) in [6.45, 7) is 3.20. The molecule has 1 N–H and O–H groups in total. The van der Waals surface area contributed by atoms with Gasteiger partial charge >= 0.3 is 0 Å². The highest BCUT2D eigenvalue weighted by Crippen LogP contribution is 2.31. The normalized spacial score (nSPS) is 14.1. The van der Waals surface area contributed by atoms with Gasteiger partial charge < -0.3 is 10.1 Å². The molecular formula is C29H28ClN3O2. The van der Waals surface area contributed by atoms with E-state index in [1.165, 1.54) is 24.8 Å². The van der Waals surface area contributed by atoms with Crippen molar-refractivity contribution in [3.8, 4) is 16.9 Å². The number of halogens is 1. The third-order valence-electron chi connectivity index (χ3n) is 6.49. The number of hydrogen-bond donors (Lipinski definition) is 1. The molecule has 35 heavy (non-hydrogen) atoms. The van der Waals surface area contributed by atoms with E-state index < -0.39 is 0 Å². The lowest BCUT2D eigenvalue weighted by atomic mass is 10.0. The molecule has 0 atom stereocenters. The molecule has 0 saturated carbocycles. The van der Waals surface area contributed by atoms with Crippen LogP contribution in [0, 0.1) is 0 Å². The Kier molecular flexibility index (Phi) is 6.98. The lowest BCUT2D eigenvalue weighted by Crippen LogP contribution is -2.29. The van der Waals surface area contributed by atoms with Gasteiger partial charge in [0, 0.05) is 28.7 Å². The average Bonchev–Trinajstić information content (AvgIpc) is 2.89. The molecule has 2 heterocycles. The van der Waals surface area contributed by atoms with Gasteiger partial charge in [0.05, 0.1) is 18.3 Å². The van der Waals surface area contributed by atoms with Crippen LogP contribution in [0.3, 0.4) is 0 Å². The quantitative estimate of drug-likeness (QED) is 0.326. The van der Waals surface area contributed by atoms with E-state index in [0.717, 1.165) is 41.7 Å². The van der Waals surface area contributed by atoms with Crippen molar-refractivity contribution in [1.29, 1.82) is 0 Å². The second-order valence-corrected chi connectivity index (χ2v) is 9.40. The topological polar surface area (TPSA) is 54.5 Å².